The molecule has 0 saturated heterocycles. The lowest BCUT2D eigenvalue weighted by Gasteiger charge is -2.14. The third-order valence-electron chi connectivity index (χ3n) is 3.94. The van der Waals surface area contributed by atoms with Crippen molar-refractivity contribution in [2.75, 3.05) is 6.61 Å². The summed E-state index contributed by atoms with van der Waals surface area (Å²) in [7, 11) is 0. The molecule has 0 radical (unpaired) electrons. The van der Waals surface area contributed by atoms with E-state index in [9.17, 15) is 5.26 Å². The monoisotopic (exact) mass is 279 g/mol. The second kappa shape index (κ2) is 6.95. The van der Waals surface area contributed by atoms with Gasteiger partial charge in [0.1, 0.15) is 5.75 Å². The Morgan fingerprint density at radius 1 is 1.00 bits per heavy atom. The highest BCUT2D eigenvalue weighted by molar-refractivity contribution is 5.38. The molecule has 21 heavy (non-hydrogen) atoms. The van der Waals surface area contributed by atoms with Crippen LogP contribution < -0.4 is 4.74 Å². The van der Waals surface area contributed by atoms with Gasteiger partial charge >= 0.3 is 0 Å². The van der Waals surface area contributed by atoms with E-state index in [0.29, 0.717) is 13.0 Å². The number of nitriles is 1. The molecule has 0 saturated carbocycles. The number of benzene rings is 2. The van der Waals surface area contributed by atoms with Gasteiger partial charge in [-0.15, -0.1) is 0 Å². The Balaban J connectivity index is 2.00. The molecule has 0 aliphatic carbocycles. The molecule has 2 nitrogen and oxygen atoms in total. The first kappa shape index (κ1) is 15.1. The predicted octanol–water partition coefficient (Wildman–Crippen LogP) is 4.69. The first-order valence-corrected chi connectivity index (χ1v) is 7.27. The van der Waals surface area contributed by atoms with Gasteiger partial charge in [0.15, 0.2) is 0 Å². The molecule has 2 rings (SSSR count). The summed E-state index contributed by atoms with van der Waals surface area (Å²) >= 11 is 0. The molecule has 2 heteroatoms. The van der Waals surface area contributed by atoms with Crippen LogP contribution in [-0.2, 0) is 0 Å². The maximum absolute atomic E-state index is 9.39. The Labute approximate surface area is 127 Å². The maximum atomic E-state index is 9.39. The molecular weight excluding hydrogens is 258 g/mol. The maximum Gasteiger partial charge on any atom is 0.122 e. The molecule has 2 aromatic rings. The highest BCUT2D eigenvalue weighted by Crippen LogP contribution is 2.24. The van der Waals surface area contributed by atoms with Crippen LogP contribution in [0.4, 0.5) is 0 Å². The molecule has 0 aromatic heterocycles. The molecule has 0 heterocycles. The van der Waals surface area contributed by atoms with Gasteiger partial charge in [-0.1, -0.05) is 36.4 Å². The van der Waals surface area contributed by atoms with E-state index in [1.54, 1.807) is 0 Å². The fraction of sp³-hybridized carbons (Fsp3) is 0.316. The smallest absolute Gasteiger partial charge is 0.122 e. The summed E-state index contributed by atoms with van der Waals surface area (Å²) in [5, 5.41) is 9.39. The summed E-state index contributed by atoms with van der Waals surface area (Å²) in [6.45, 7) is 6.74. The largest absolute Gasteiger partial charge is 0.493 e. The van der Waals surface area contributed by atoms with Crippen molar-refractivity contribution in [2.45, 2.75) is 33.1 Å². The molecule has 0 bridgehead atoms. The summed E-state index contributed by atoms with van der Waals surface area (Å²) in [5.41, 5.74) is 4.66. The number of rotatable bonds is 5. The van der Waals surface area contributed by atoms with Crippen LogP contribution in [0.15, 0.2) is 42.5 Å². The number of ether oxygens (including phenoxy) is 1. The fourth-order valence-electron chi connectivity index (χ4n) is 2.43. The topological polar surface area (TPSA) is 33.0 Å². The minimum Gasteiger partial charge on any atom is -0.493 e. The average molecular weight is 279 g/mol. The molecule has 0 amide bonds. The van der Waals surface area contributed by atoms with Crippen molar-refractivity contribution in [1.29, 1.82) is 5.26 Å². The van der Waals surface area contributed by atoms with E-state index in [1.807, 2.05) is 43.3 Å². The van der Waals surface area contributed by atoms with E-state index in [1.165, 1.54) is 11.1 Å². The molecule has 0 N–H and O–H groups in total. The number of aryl methyl sites for hydroxylation is 2. The lowest BCUT2D eigenvalue weighted by Crippen LogP contribution is -2.06. The predicted molar refractivity (Wildman–Crippen MR) is 85.6 cm³/mol. The van der Waals surface area contributed by atoms with Gasteiger partial charge in [0.25, 0.3) is 0 Å². The van der Waals surface area contributed by atoms with Crippen LogP contribution in [0.3, 0.4) is 0 Å². The highest BCUT2D eigenvalue weighted by atomic mass is 16.5. The Bertz CT molecular complexity index is 655. The molecule has 1 unspecified atom stereocenters. The quantitative estimate of drug-likeness (QED) is 0.795. The Morgan fingerprint density at radius 2 is 1.71 bits per heavy atom. The van der Waals surface area contributed by atoms with Crippen molar-refractivity contribution in [1.82, 2.24) is 0 Å². The van der Waals surface area contributed by atoms with Gasteiger partial charge in [-0.2, -0.15) is 5.26 Å². The first-order valence-electron chi connectivity index (χ1n) is 7.27. The van der Waals surface area contributed by atoms with Gasteiger partial charge in [0.2, 0.25) is 0 Å². The van der Waals surface area contributed by atoms with Crippen molar-refractivity contribution >= 4 is 0 Å². The normalized spacial score (nSPS) is 11.7. The van der Waals surface area contributed by atoms with Crippen LogP contribution in [0.1, 0.15) is 34.6 Å². The fourth-order valence-corrected chi connectivity index (χ4v) is 2.43. The second-order valence-corrected chi connectivity index (χ2v) is 5.37. The van der Waals surface area contributed by atoms with E-state index >= 15 is 0 Å². The zero-order valence-electron chi connectivity index (χ0n) is 12.9. The summed E-state index contributed by atoms with van der Waals surface area (Å²) in [4.78, 5) is 0. The van der Waals surface area contributed by atoms with Gasteiger partial charge in [-0.3, -0.25) is 0 Å². The standard InChI is InChI=1S/C19H21NO/c1-14-8-6-10-19(16(14)3)21-12-11-17(13-20)18-9-5-4-7-15(18)2/h4-10,17H,11-12H2,1-3H3. The van der Waals surface area contributed by atoms with E-state index in [2.05, 4.69) is 26.0 Å². The third kappa shape index (κ3) is 3.64. The number of nitrogens with zero attached hydrogens (tertiary/aromatic N) is 1. The second-order valence-electron chi connectivity index (χ2n) is 5.37. The SMILES string of the molecule is Cc1ccccc1C(C#N)CCOc1cccc(C)c1C. The summed E-state index contributed by atoms with van der Waals surface area (Å²) < 4.78 is 5.86. The van der Waals surface area contributed by atoms with E-state index in [0.717, 1.165) is 16.9 Å². The molecule has 0 fully saturated rings. The molecule has 0 spiro atoms. The molecule has 0 aliphatic rings. The lowest BCUT2D eigenvalue weighted by molar-refractivity contribution is 0.303. The Morgan fingerprint density at radius 3 is 2.43 bits per heavy atom. The first-order chi connectivity index (χ1) is 10.1. The van der Waals surface area contributed by atoms with Crippen molar-refractivity contribution in [2.24, 2.45) is 0 Å². The van der Waals surface area contributed by atoms with Crippen molar-refractivity contribution in [3.05, 3.63) is 64.7 Å². The van der Waals surface area contributed by atoms with Crippen molar-refractivity contribution in [3.63, 3.8) is 0 Å². The van der Waals surface area contributed by atoms with Crippen molar-refractivity contribution in [3.8, 4) is 11.8 Å². The van der Waals surface area contributed by atoms with Gasteiger partial charge < -0.3 is 4.74 Å². The summed E-state index contributed by atoms with van der Waals surface area (Å²) in [5.74, 6) is 0.799. The third-order valence-corrected chi connectivity index (χ3v) is 3.94. The summed E-state index contributed by atoms with van der Waals surface area (Å²) in [6, 6.07) is 16.5. The van der Waals surface area contributed by atoms with Crippen LogP contribution in [0.25, 0.3) is 0 Å². The van der Waals surface area contributed by atoms with E-state index in [4.69, 9.17) is 4.74 Å². The zero-order valence-corrected chi connectivity index (χ0v) is 12.9. The minimum absolute atomic E-state index is 0.115. The van der Waals surface area contributed by atoms with Crippen LogP contribution in [0.2, 0.25) is 0 Å². The van der Waals surface area contributed by atoms with Crippen LogP contribution in [0, 0.1) is 32.1 Å². The molecule has 108 valence electrons. The van der Waals surface area contributed by atoms with E-state index in [-0.39, 0.29) is 5.92 Å². The molecule has 1 atom stereocenters. The van der Waals surface area contributed by atoms with Gasteiger partial charge in [-0.25, -0.2) is 0 Å². The lowest BCUT2D eigenvalue weighted by atomic mass is 9.94. The molecule has 0 aliphatic heterocycles. The highest BCUT2D eigenvalue weighted by Gasteiger charge is 2.13. The summed E-state index contributed by atoms with van der Waals surface area (Å²) in [6.07, 6.45) is 0.703. The van der Waals surface area contributed by atoms with Crippen LogP contribution in [0.5, 0.6) is 5.75 Å². The number of hydrogen-bond acceptors (Lipinski definition) is 2. The van der Waals surface area contributed by atoms with Gasteiger partial charge in [-0.05, 0) is 49.1 Å². The van der Waals surface area contributed by atoms with Gasteiger partial charge in [0, 0.05) is 6.42 Å². The van der Waals surface area contributed by atoms with Crippen LogP contribution in [-0.4, -0.2) is 6.61 Å². The van der Waals surface area contributed by atoms with Crippen molar-refractivity contribution < 1.29 is 4.74 Å². The zero-order chi connectivity index (χ0) is 15.2. The molecular formula is C19H21NO. The molecule has 2 aromatic carbocycles. The Hall–Kier alpha value is -2.27. The Kier molecular flexibility index (Phi) is 5.00. The number of hydrogen-bond donors (Lipinski definition) is 0. The minimum atomic E-state index is -0.115. The average Bonchev–Trinajstić information content (AvgIpc) is 2.49. The van der Waals surface area contributed by atoms with E-state index < -0.39 is 0 Å². The van der Waals surface area contributed by atoms with Crippen LogP contribution >= 0.6 is 0 Å². The van der Waals surface area contributed by atoms with Gasteiger partial charge in [0.05, 0.1) is 18.6 Å².